The maximum Gasteiger partial charge on any atom is 0.239 e. The normalized spacial score (nSPS) is 12.0. The van der Waals surface area contributed by atoms with Gasteiger partial charge in [-0.3, -0.25) is 4.79 Å². The van der Waals surface area contributed by atoms with E-state index in [4.69, 9.17) is 0 Å². The Balaban J connectivity index is 1.93. The van der Waals surface area contributed by atoms with Gasteiger partial charge in [0.15, 0.2) is 0 Å². The van der Waals surface area contributed by atoms with Gasteiger partial charge in [-0.15, -0.1) is 0 Å². The number of carbonyl (C=O) groups excluding carboxylic acids is 1. The largest absolute Gasteiger partial charge is 0.376 e. The van der Waals surface area contributed by atoms with E-state index in [0.717, 1.165) is 11.3 Å². The lowest BCUT2D eigenvalue weighted by Gasteiger charge is -2.23. The Bertz CT molecular complexity index is 552. The minimum atomic E-state index is 0.00130. The molecule has 2 aromatic rings. The molecule has 2 N–H and O–H groups in total. The van der Waals surface area contributed by atoms with Gasteiger partial charge in [0.05, 0.1) is 12.6 Å². The van der Waals surface area contributed by atoms with Gasteiger partial charge in [0.2, 0.25) is 5.91 Å². The molecule has 0 radical (unpaired) electrons. The Labute approximate surface area is 126 Å². The van der Waals surface area contributed by atoms with Crippen molar-refractivity contribution >= 4 is 11.6 Å². The highest BCUT2D eigenvalue weighted by molar-refractivity contribution is 5.81. The number of amides is 1. The molecule has 3 nitrogen and oxygen atoms in total. The number of nitrogens with one attached hydrogen (secondary N) is 2. The molecule has 2 aromatic carbocycles. The van der Waals surface area contributed by atoms with Crippen molar-refractivity contribution in [3.05, 3.63) is 66.2 Å². The Morgan fingerprint density at radius 2 is 1.52 bits per heavy atom. The van der Waals surface area contributed by atoms with Gasteiger partial charge >= 0.3 is 0 Å². The van der Waals surface area contributed by atoms with Crippen LogP contribution < -0.4 is 10.6 Å². The summed E-state index contributed by atoms with van der Waals surface area (Å²) in [5.74, 6) is 0.342. The second-order valence-corrected chi connectivity index (χ2v) is 5.42. The molecule has 0 spiro atoms. The standard InChI is InChI=1S/C18H22N2O/c1-14(2)18(15-9-5-3-6-10-15)20-17(21)13-19-16-11-7-4-8-12-16/h3-12,14,18-19H,13H2,1-2H3,(H,20,21). The Morgan fingerprint density at radius 1 is 0.952 bits per heavy atom. The van der Waals surface area contributed by atoms with Crippen molar-refractivity contribution in [2.45, 2.75) is 19.9 Å². The summed E-state index contributed by atoms with van der Waals surface area (Å²) in [6, 6.07) is 19.9. The predicted octanol–water partition coefficient (Wildman–Crippen LogP) is 3.61. The van der Waals surface area contributed by atoms with Crippen LogP contribution in [0.5, 0.6) is 0 Å². The molecule has 1 atom stereocenters. The zero-order valence-corrected chi connectivity index (χ0v) is 12.5. The summed E-state index contributed by atoms with van der Waals surface area (Å²) in [6.07, 6.45) is 0. The first kappa shape index (κ1) is 15.1. The summed E-state index contributed by atoms with van der Waals surface area (Å²) in [6.45, 7) is 4.51. The third-order valence-electron chi connectivity index (χ3n) is 3.37. The molecule has 110 valence electrons. The van der Waals surface area contributed by atoms with Crippen LogP contribution in [0.4, 0.5) is 5.69 Å². The van der Waals surface area contributed by atoms with E-state index in [1.54, 1.807) is 0 Å². The average molecular weight is 282 g/mol. The van der Waals surface area contributed by atoms with E-state index in [-0.39, 0.29) is 18.5 Å². The second-order valence-electron chi connectivity index (χ2n) is 5.42. The van der Waals surface area contributed by atoms with Crippen LogP contribution in [-0.2, 0) is 4.79 Å². The number of para-hydroxylation sites is 1. The zero-order chi connectivity index (χ0) is 15.1. The maximum atomic E-state index is 12.1. The van der Waals surface area contributed by atoms with Crippen LogP contribution in [0.3, 0.4) is 0 Å². The monoisotopic (exact) mass is 282 g/mol. The zero-order valence-electron chi connectivity index (χ0n) is 12.5. The summed E-state index contributed by atoms with van der Waals surface area (Å²) >= 11 is 0. The molecule has 0 aliphatic rings. The molecule has 21 heavy (non-hydrogen) atoms. The molecule has 0 heterocycles. The van der Waals surface area contributed by atoms with Crippen molar-refractivity contribution in [1.82, 2.24) is 5.32 Å². The molecule has 0 fully saturated rings. The fourth-order valence-corrected chi connectivity index (χ4v) is 2.26. The van der Waals surface area contributed by atoms with Crippen LogP contribution in [0, 0.1) is 5.92 Å². The fraction of sp³-hybridized carbons (Fsp3) is 0.278. The van der Waals surface area contributed by atoms with E-state index in [1.807, 2.05) is 48.5 Å². The summed E-state index contributed by atoms with van der Waals surface area (Å²) in [5, 5.41) is 6.23. The van der Waals surface area contributed by atoms with Crippen molar-refractivity contribution in [2.24, 2.45) is 5.92 Å². The molecule has 1 unspecified atom stereocenters. The van der Waals surface area contributed by atoms with E-state index >= 15 is 0 Å². The van der Waals surface area contributed by atoms with Crippen molar-refractivity contribution in [2.75, 3.05) is 11.9 Å². The molecule has 0 bridgehead atoms. The quantitative estimate of drug-likeness (QED) is 0.849. The molecule has 0 saturated carbocycles. The van der Waals surface area contributed by atoms with Crippen LogP contribution in [0.2, 0.25) is 0 Å². The first-order valence-electron chi connectivity index (χ1n) is 7.30. The Hall–Kier alpha value is -2.29. The third-order valence-corrected chi connectivity index (χ3v) is 3.37. The predicted molar refractivity (Wildman–Crippen MR) is 87.1 cm³/mol. The molecule has 0 aliphatic carbocycles. The van der Waals surface area contributed by atoms with E-state index in [1.165, 1.54) is 0 Å². The van der Waals surface area contributed by atoms with Crippen molar-refractivity contribution in [3.8, 4) is 0 Å². The molecular formula is C18H22N2O. The minimum Gasteiger partial charge on any atom is -0.376 e. The minimum absolute atomic E-state index is 0.00130. The van der Waals surface area contributed by atoms with Crippen LogP contribution in [0.15, 0.2) is 60.7 Å². The average Bonchev–Trinajstić information content (AvgIpc) is 2.52. The SMILES string of the molecule is CC(C)C(NC(=O)CNc1ccccc1)c1ccccc1. The maximum absolute atomic E-state index is 12.1. The van der Waals surface area contributed by atoms with Gasteiger partial charge in [-0.1, -0.05) is 62.4 Å². The van der Waals surface area contributed by atoms with E-state index in [0.29, 0.717) is 5.92 Å². The Morgan fingerprint density at radius 3 is 2.10 bits per heavy atom. The van der Waals surface area contributed by atoms with Crippen LogP contribution >= 0.6 is 0 Å². The number of hydrogen-bond acceptors (Lipinski definition) is 2. The van der Waals surface area contributed by atoms with Gasteiger partial charge in [0.1, 0.15) is 0 Å². The van der Waals surface area contributed by atoms with Crippen LogP contribution in [-0.4, -0.2) is 12.5 Å². The molecule has 2 rings (SSSR count). The van der Waals surface area contributed by atoms with Gasteiger partial charge in [-0.2, -0.15) is 0 Å². The first-order chi connectivity index (χ1) is 10.2. The molecule has 3 heteroatoms. The smallest absolute Gasteiger partial charge is 0.239 e. The van der Waals surface area contributed by atoms with Gasteiger partial charge in [-0.05, 0) is 23.6 Å². The van der Waals surface area contributed by atoms with E-state index in [9.17, 15) is 4.79 Å². The highest BCUT2D eigenvalue weighted by atomic mass is 16.1. The fourth-order valence-electron chi connectivity index (χ4n) is 2.26. The van der Waals surface area contributed by atoms with Gasteiger partial charge in [-0.25, -0.2) is 0 Å². The van der Waals surface area contributed by atoms with Crippen LogP contribution in [0.25, 0.3) is 0 Å². The molecular weight excluding hydrogens is 260 g/mol. The lowest BCUT2D eigenvalue weighted by molar-refractivity contribution is -0.120. The summed E-state index contributed by atoms with van der Waals surface area (Å²) in [4.78, 5) is 12.1. The van der Waals surface area contributed by atoms with Gasteiger partial charge < -0.3 is 10.6 Å². The topological polar surface area (TPSA) is 41.1 Å². The number of carbonyl (C=O) groups is 1. The molecule has 0 aromatic heterocycles. The van der Waals surface area contributed by atoms with Gasteiger partial charge in [0, 0.05) is 5.69 Å². The highest BCUT2D eigenvalue weighted by Crippen LogP contribution is 2.21. The van der Waals surface area contributed by atoms with Gasteiger partial charge in [0.25, 0.3) is 0 Å². The first-order valence-corrected chi connectivity index (χ1v) is 7.30. The van der Waals surface area contributed by atoms with Crippen LogP contribution in [0.1, 0.15) is 25.5 Å². The van der Waals surface area contributed by atoms with Crippen molar-refractivity contribution in [3.63, 3.8) is 0 Å². The number of rotatable bonds is 6. The highest BCUT2D eigenvalue weighted by Gasteiger charge is 2.17. The third kappa shape index (κ3) is 4.63. The van der Waals surface area contributed by atoms with E-state index < -0.39 is 0 Å². The lowest BCUT2D eigenvalue weighted by atomic mass is 9.96. The second kappa shape index (κ2) is 7.48. The number of hydrogen-bond donors (Lipinski definition) is 2. The molecule has 0 saturated heterocycles. The molecule has 0 aliphatic heterocycles. The molecule has 1 amide bonds. The Kier molecular flexibility index (Phi) is 5.38. The summed E-state index contributed by atoms with van der Waals surface area (Å²) < 4.78 is 0. The lowest BCUT2D eigenvalue weighted by Crippen LogP contribution is -2.35. The number of anilines is 1. The summed E-state index contributed by atoms with van der Waals surface area (Å²) in [7, 11) is 0. The van der Waals surface area contributed by atoms with Crippen molar-refractivity contribution in [1.29, 1.82) is 0 Å². The number of benzene rings is 2. The van der Waals surface area contributed by atoms with E-state index in [2.05, 4.69) is 36.6 Å². The summed E-state index contributed by atoms with van der Waals surface area (Å²) in [5.41, 5.74) is 2.09. The van der Waals surface area contributed by atoms with Crippen molar-refractivity contribution < 1.29 is 4.79 Å².